The second-order valence-electron chi connectivity index (χ2n) is 2.52. The summed E-state index contributed by atoms with van der Waals surface area (Å²) in [5.74, 6) is -0.227. The van der Waals surface area contributed by atoms with E-state index in [0.717, 1.165) is 0 Å². The first kappa shape index (κ1) is 10.8. The standard InChI is InChI=1S/C8H10N4O3/c1-15-6-4-10-3-2-5(6)7(13)11-12-8(9)14/h2-4H,1H3,(H,11,13)(H3,9,12,14). The van der Waals surface area contributed by atoms with Crippen LogP contribution in [0.15, 0.2) is 18.5 Å². The number of nitrogens with zero attached hydrogens (tertiary/aromatic N) is 1. The second-order valence-corrected chi connectivity index (χ2v) is 2.52. The first-order valence-corrected chi connectivity index (χ1v) is 3.99. The molecule has 0 radical (unpaired) electrons. The number of rotatable bonds is 2. The van der Waals surface area contributed by atoms with Crippen molar-refractivity contribution in [3.8, 4) is 5.75 Å². The largest absolute Gasteiger partial charge is 0.494 e. The molecule has 1 rings (SSSR count). The van der Waals surface area contributed by atoms with Crippen molar-refractivity contribution in [2.75, 3.05) is 7.11 Å². The average Bonchev–Trinajstić information content (AvgIpc) is 2.25. The SMILES string of the molecule is COc1cnccc1C(=O)NNC(N)=O. The minimum Gasteiger partial charge on any atom is -0.494 e. The van der Waals surface area contributed by atoms with Crippen LogP contribution in [0.25, 0.3) is 0 Å². The lowest BCUT2D eigenvalue weighted by molar-refractivity contribution is 0.0934. The summed E-state index contributed by atoms with van der Waals surface area (Å²) in [6, 6.07) is 0.605. The van der Waals surface area contributed by atoms with Crippen LogP contribution in [0.1, 0.15) is 10.4 Å². The van der Waals surface area contributed by atoms with Gasteiger partial charge in [0.05, 0.1) is 18.9 Å². The number of urea groups is 1. The molecular weight excluding hydrogens is 200 g/mol. The number of carbonyl (C=O) groups is 2. The third kappa shape index (κ3) is 2.83. The molecule has 4 N–H and O–H groups in total. The van der Waals surface area contributed by atoms with E-state index in [4.69, 9.17) is 10.5 Å². The normalized spacial score (nSPS) is 9.13. The van der Waals surface area contributed by atoms with E-state index in [1.807, 2.05) is 5.43 Å². The molecular formula is C8H10N4O3. The van der Waals surface area contributed by atoms with Crippen molar-refractivity contribution in [2.24, 2.45) is 5.73 Å². The van der Waals surface area contributed by atoms with Crippen LogP contribution >= 0.6 is 0 Å². The van der Waals surface area contributed by atoms with Gasteiger partial charge in [0, 0.05) is 6.20 Å². The molecule has 7 nitrogen and oxygen atoms in total. The van der Waals surface area contributed by atoms with Crippen molar-refractivity contribution in [3.05, 3.63) is 24.0 Å². The van der Waals surface area contributed by atoms with Crippen LogP contribution in [0.2, 0.25) is 0 Å². The number of amides is 3. The maximum atomic E-state index is 11.4. The lowest BCUT2D eigenvalue weighted by atomic mass is 10.2. The van der Waals surface area contributed by atoms with Crippen molar-refractivity contribution >= 4 is 11.9 Å². The molecule has 0 saturated heterocycles. The molecule has 1 aromatic rings. The maximum Gasteiger partial charge on any atom is 0.330 e. The van der Waals surface area contributed by atoms with Gasteiger partial charge < -0.3 is 10.5 Å². The summed E-state index contributed by atoms with van der Waals surface area (Å²) in [5, 5.41) is 0. The van der Waals surface area contributed by atoms with Crippen LogP contribution < -0.4 is 21.3 Å². The van der Waals surface area contributed by atoms with Crippen molar-refractivity contribution < 1.29 is 14.3 Å². The maximum absolute atomic E-state index is 11.4. The van der Waals surface area contributed by atoms with Crippen molar-refractivity contribution in [3.63, 3.8) is 0 Å². The molecule has 0 saturated carbocycles. The highest BCUT2D eigenvalue weighted by Gasteiger charge is 2.11. The van der Waals surface area contributed by atoms with E-state index in [1.54, 1.807) is 0 Å². The van der Waals surface area contributed by atoms with Crippen molar-refractivity contribution in [1.82, 2.24) is 15.8 Å². The molecule has 0 spiro atoms. The van der Waals surface area contributed by atoms with Gasteiger partial charge in [-0.1, -0.05) is 0 Å². The Balaban J connectivity index is 2.77. The predicted molar refractivity (Wildman–Crippen MR) is 51.0 cm³/mol. The van der Waals surface area contributed by atoms with E-state index in [1.165, 1.54) is 25.6 Å². The Morgan fingerprint density at radius 1 is 1.47 bits per heavy atom. The number of nitrogens with two attached hydrogens (primary N) is 1. The molecule has 0 atom stereocenters. The Morgan fingerprint density at radius 3 is 2.80 bits per heavy atom. The number of hydrogen-bond donors (Lipinski definition) is 3. The van der Waals surface area contributed by atoms with Crippen LogP contribution in [0.3, 0.4) is 0 Å². The topological polar surface area (TPSA) is 106 Å². The fraction of sp³-hybridized carbons (Fsp3) is 0.125. The molecule has 0 aliphatic rings. The van der Waals surface area contributed by atoms with Crippen LogP contribution in [0, 0.1) is 0 Å². The Hall–Kier alpha value is -2.31. The van der Waals surface area contributed by atoms with E-state index in [-0.39, 0.29) is 5.56 Å². The molecule has 80 valence electrons. The smallest absolute Gasteiger partial charge is 0.330 e. The van der Waals surface area contributed by atoms with Gasteiger partial charge >= 0.3 is 6.03 Å². The van der Waals surface area contributed by atoms with Crippen LogP contribution in [-0.2, 0) is 0 Å². The fourth-order valence-electron chi connectivity index (χ4n) is 0.916. The number of hydrazine groups is 1. The number of nitrogens with one attached hydrogen (secondary N) is 2. The third-order valence-corrected chi connectivity index (χ3v) is 1.55. The molecule has 0 aliphatic carbocycles. The van der Waals surface area contributed by atoms with Gasteiger partial charge in [0.2, 0.25) is 0 Å². The summed E-state index contributed by atoms with van der Waals surface area (Å²) < 4.78 is 4.91. The number of primary amides is 1. The fourth-order valence-corrected chi connectivity index (χ4v) is 0.916. The number of ether oxygens (including phenoxy) is 1. The Morgan fingerprint density at radius 2 is 2.20 bits per heavy atom. The summed E-state index contributed by atoms with van der Waals surface area (Å²) in [6.45, 7) is 0. The zero-order chi connectivity index (χ0) is 11.3. The highest BCUT2D eigenvalue weighted by Crippen LogP contribution is 2.14. The Kier molecular flexibility index (Phi) is 3.44. The second kappa shape index (κ2) is 4.80. The number of hydrogen-bond acceptors (Lipinski definition) is 4. The van der Waals surface area contributed by atoms with Crippen LogP contribution in [0.4, 0.5) is 4.79 Å². The van der Waals surface area contributed by atoms with E-state index in [2.05, 4.69) is 10.4 Å². The van der Waals surface area contributed by atoms with Crippen LogP contribution in [-0.4, -0.2) is 24.0 Å². The van der Waals surface area contributed by atoms with Gasteiger partial charge in [-0.3, -0.25) is 15.2 Å². The zero-order valence-corrected chi connectivity index (χ0v) is 7.98. The highest BCUT2D eigenvalue weighted by atomic mass is 16.5. The molecule has 1 aromatic heterocycles. The monoisotopic (exact) mass is 210 g/mol. The van der Waals surface area contributed by atoms with Gasteiger partial charge in [-0.2, -0.15) is 0 Å². The Bertz CT molecular complexity index is 380. The van der Waals surface area contributed by atoms with Gasteiger partial charge in [0.25, 0.3) is 5.91 Å². The van der Waals surface area contributed by atoms with E-state index >= 15 is 0 Å². The van der Waals surface area contributed by atoms with E-state index < -0.39 is 11.9 Å². The third-order valence-electron chi connectivity index (χ3n) is 1.55. The summed E-state index contributed by atoms with van der Waals surface area (Å²) in [4.78, 5) is 25.6. The molecule has 7 heteroatoms. The molecule has 0 fully saturated rings. The molecule has 3 amide bonds. The van der Waals surface area contributed by atoms with Crippen LogP contribution in [0.5, 0.6) is 5.75 Å². The van der Waals surface area contributed by atoms with Gasteiger partial charge in [0.1, 0.15) is 5.75 Å². The number of methoxy groups -OCH3 is 1. The lowest BCUT2D eigenvalue weighted by Crippen LogP contribution is -2.44. The summed E-state index contributed by atoms with van der Waals surface area (Å²) >= 11 is 0. The highest BCUT2D eigenvalue weighted by molar-refractivity contribution is 5.97. The van der Waals surface area contributed by atoms with Gasteiger partial charge in [-0.15, -0.1) is 0 Å². The summed E-state index contributed by atoms with van der Waals surface area (Å²) in [6.07, 6.45) is 2.82. The molecule has 0 unspecified atom stereocenters. The average molecular weight is 210 g/mol. The first-order chi connectivity index (χ1) is 7.15. The molecule has 15 heavy (non-hydrogen) atoms. The van der Waals surface area contributed by atoms with E-state index in [9.17, 15) is 9.59 Å². The van der Waals surface area contributed by atoms with Crippen molar-refractivity contribution in [1.29, 1.82) is 0 Å². The zero-order valence-electron chi connectivity index (χ0n) is 7.98. The van der Waals surface area contributed by atoms with Gasteiger partial charge in [0.15, 0.2) is 0 Å². The number of pyridine rings is 1. The molecule has 0 bridgehead atoms. The van der Waals surface area contributed by atoms with Gasteiger partial charge in [-0.05, 0) is 6.07 Å². The Labute approximate surface area is 85.6 Å². The summed E-state index contributed by atoms with van der Waals surface area (Å²) in [7, 11) is 1.41. The minimum absolute atomic E-state index is 0.251. The van der Waals surface area contributed by atoms with Gasteiger partial charge in [-0.25, -0.2) is 10.2 Å². The molecule has 0 aliphatic heterocycles. The lowest BCUT2D eigenvalue weighted by Gasteiger charge is -2.07. The van der Waals surface area contributed by atoms with Crippen molar-refractivity contribution in [2.45, 2.75) is 0 Å². The minimum atomic E-state index is -0.851. The van der Waals surface area contributed by atoms with E-state index in [0.29, 0.717) is 5.75 Å². The first-order valence-electron chi connectivity index (χ1n) is 3.99. The number of aromatic nitrogens is 1. The molecule has 0 aromatic carbocycles. The quantitative estimate of drug-likeness (QED) is 0.567. The number of carbonyl (C=O) groups excluding carboxylic acids is 2. The molecule has 1 heterocycles. The summed E-state index contributed by atoms with van der Waals surface area (Å²) in [5.41, 5.74) is 9.09. The predicted octanol–water partition coefficient (Wildman–Crippen LogP) is -0.597.